The molecule has 2 fully saturated rings. The highest BCUT2D eigenvalue weighted by Gasteiger charge is 2.35. The van der Waals surface area contributed by atoms with Gasteiger partial charge in [-0.3, -0.25) is 9.59 Å². The largest absolute Gasteiger partial charge is 0.483 e. The van der Waals surface area contributed by atoms with Gasteiger partial charge in [0.2, 0.25) is 0 Å². The van der Waals surface area contributed by atoms with E-state index in [9.17, 15) is 9.59 Å². The van der Waals surface area contributed by atoms with Crippen molar-refractivity contribution in [3.05, 3.63) is 29.8 Å². The van der Waals surface area contributed by atoms with Crippen molar-refractivity contribution in [3.8, 4) is 5.75 Å². The summed E-state index contributed by atoms with van der Waals surface area (Å²) in [6, 6.07) is 7.59. The molecule has 25 heavy (non-hydrogen) atoms. The summed E-state index contributed by atoms with van der Waals surface area (Å²) in [5.41, 5.74) is 1.19. The Morgan fingerprint density at radius 3 is 2.68 bits per heavy atom. The summed E-state index contributed by atoms with van der Waals surface area (Å²) < 4.78 is 12.0. The molecule has 4 aliphatic rings. The van der Waals surface area contributed by atoms with Crippen LogP contribution in [0.5, 0.6) is 5.75 Å². The van der Waals surface area contributed by atoms with Crippen molar-refractivity contribution < 1.29 is 19.1 Å². The first kappa shape index (κ1) is 16.6. The van der Waals surface area contributed by atoms with Gasteiger partial charge in [0.05, 0.1) is 12.7 Å². The molecule has 1 aromatic carbocycles. The van der Waals surface area contributed by atoms with Crippen LogP contribution in [0.25, 0.3) is 0 Å². The smallest absolute Gasteiger partial charge is 0.261 e. The minimum atomic E-state index is -0.446. The molecular weight excluding hydrogens is 318 g/mol. The first-order chi connectivity index (χ1) is 12.2. The van der Waals surface area contributed by atoms with E-state index in [1.165, 1.54) is 5.56 Å². The molecule has 1 unspecified atom stereocenters. The molecular formula is C20H25NO4. The van der Waals surface area contributed by atoms with E-state index in [1.54, 1.807) is 4.90 Å². The Balaban J connectivity index is 1.62. The summed E-state index contributed by atoms with van der Waals surface area (Å²) in [5.74, 6) is 1.25. The summed E-state index contributed by atoms with van der Waals surface area (Å²) in [5, 5.41) is 0. The Bertz CT molecular complexity index is 651. The lowest BCUT2D eigenvalue weighted by molar-refractivity contribution is -0.147. The van der Waals surface area contributed by atoms with E-state index in [0.29, 0.717) is 25.5 Å². The maximum absolute atomic E-state index is 12.7. The van der Waals surface area contributed by atoms with Crippen molar-refractivity contribution >= 4 is 11.7 Å². The van der Waals surface area contributed by atoms with Crippen LogP contribution in [0.2, 0.25) is 0 Å². The van der Waals surface area contributed by atoms with Crippen molar-refractivity contribution in [2.75, 3.05) is 19.8 Å². The lowest BCUT2D eigenvalue weighted by Crippen LogP contribution is -2.53. The Morgan fingerprint density at radius 1 is 1.04 bits per heavy atom. The van der Waals surface area contributed by atoms with Crippen LogP contribution in [0, 0.1) is 0 Å². The molecule has 3 heterocycles. The number of nitrogens with zero attached hydrogens (tertiary/aromatic N) is 1. The zero-order chi connectivity index (χ0) is 17.2. The van der Waals surface area contributed by atoms with E-state index in [1.807, 2.05) is 18.2 Å². The SMILES string of the molecule is O=C1CCCN2C(=O)COc3ccccc3C3CCC(CC3)OCC12. The zero-order valence-electron chi connectivity index (χ0n) is 14.5. The summed E-state index contributed by atoms with van der Waals surface area (Å²) in [4.78, 5) is 26.7. The van der Waals surface area contributed by atoms with Crippen LogP contribution < -0.4 is 4.74 Å². The molecule has 1 saturated carbocycles. The van der Waals surface area contributed by atoms with Gasteiger partial charge in [-0.05, 0) is 49.7 Å². The molecule has 1 aliphatic carbocycles. The van der Waals surface area contributed by atoms with Gasteiger partial charge >= 0.3 is 0 Å². The Hall–Kier alpha value is -1.88. The highest BCUT2D eigenvalue weighted by Crippen LogP contribution is 2.38. The summed E-state index contributed by atoms with van der Waals surface area (Å²) >= 11 is 0. The number of hydrogen-bond acceptors (Lipinski definition) is 4. The lowest BCUT2D eigenvalue weighted by atomic mass is 9.82. The van der Waals surface area contributed by atoms with Crippen LogP contribution in [0.4, 0.5) is 0 Å². The van der Waals surface area contributed by atoms with Crippen LogP contribution in [0.1, 0.15) is 50.0 Å². The fourth-order valence-electron chi connectivity index (χ4n) is 4.34. The van der Waals surface area contributed by atoms with Crippen LogP contribution >= 0.6 is 0 Å². The van der Waals surface area contributed by atoms with E-state index in [0.717, 1.165) is 37.9 Å². The molecule has 1 atom stereocenters. The number of ketones is 1. The molecule has 1 saturated heterocycles. The van der Waals surface area contributed by atoms with Crippen molar-refractivity contribution in [2.24, 2.45) is 0 Å². The van der Waals surface area contributed by atoms with Gasteiger partial charge in [0.25, 0.3) is 5.91 Å². The summed E-state index contributed by atoms with van der Waals surface area (Å²) in [6.45, 7) is 0.917. The van der Waals surface area contributed by atoms with Gasteiger partial charge in [-0.25, -0.2) is 0 Å². The average molecular weight is 343 g/mol. The second-order valence-corrected chi connectivity index (χ2v) is 7.31. The molecule has 5 rings (SSSR count). The predicted octanol–water partition coefficient (Wildman–Crippen LogP) is 2.68. The Kier molecular flexibility index (Phi) is 4.75. The highest BCUT2D eigenvalue weighted by atomic mass is 16.5. The summed E-state index contributed by atoms with van der Waals surface area (Å²) in [6.07, 6.45) is 5.55. The molecule has 0 N–H and O–H groups in total. The maximum atomic E-state index is 12.7. The molecule has 5 heteroatoms. The number of piperidine rings is 1. The van der Waals surface area contributed by atoms with Crippen molar-refractivity contribution in [1.29, 1.82) is 0 Å². The Morgan fingerprint density at radius 2 is 1.84 bits per heavy atom. The third-order valence-corrected chi connectivity index (χ3v) is 5.76. The number of Topliss-reactive ketones (excluding diaryl/α,β-unsaturated/α-hetero) is 1. The van der Waals surface area contributed by atoms with E-state index < -0.39 is 6.04 Å². The fraction of sp³-hybridized carbons (Fsp3) is 0.600. The molecule has 5 nitrogen and oxygen atoms in total. The first-order valence-electron chi connectivity index (χ1n) is 9.38. The monoisotopic (exact) mass is 343 g/mol. The minimum absolute atomic E-state index is 0.0169. The van der Waals surface area contributed by atoms with Gasteiger partial charge in [0.15, 0.2) is 12.4 Å². The summed E-state index contributed by atoms with van der Waals surface area (Å²) in [7, 11) is 0. The first-order valence-corrected chi connectivity index (χ1v) is 9.38. The molecule has 3 aliphatic heterocycles. The third kappa shape index (κ3) is 3.43. The standard InChI is InChI=1S/C20H25NO4/c22-18-5-3-11-21-17(18)12-24-15-9-7-14(8-10-15)16-4-1-2-6-19(16)25-13-20(21)23/h1-2,4,6,14-15,17H,3,5,7-13H2. The molecule has 0 aromatic heterocycles. The number of amides is 1. The van der Waals surface area contributed by atoms with Crippen molar-refractivity contribution in [3.63, 3.8) is 0 Å². The van der Waals surface area contributed by atoms with Crippen molar-refractivity contribution in [2.45, 2.75) is 56.6 Å². The van der Waals surface area contributed by atoms with Crippen LogP contribution in [-0.2, 0) is 14.3 Å². The zero-order valence-corrected chi connectivity index (χ0v) is 14.5. The minimum Gasteiger partial charge on any atom is -0.483 e. The van der Waals surface area contributed by atoms with Gasteiger partial charge in [0, 0.05) is 13.0 Å². The van der Waals surface area contributed by atoms with Crippen LogP contribution in [0.15, 0.2) is 24.3 Å². The number of rotatable bonds is 0. The van der Waals surface area contributed by atoms with Gasteiger partial charge in [-0.2, -0.15) is 0 Å². The van der Waals surface area contributed by atoms with Crippen LogP contribution in [-0.4, -0.2) is 48.5 Å². The lowest BCUT2D eigenvalue weighted by Gasteiger charge is -2.35. The second-order valence-electron chi connectivity index (χ2n) is 7.31. The van der Waals surface area contributed by atoms with E-state index in [2.05, 4.69) is 6.07 Å². The van der Waals surface area contributed by atoms with E-state index >= 15 is 0 Å². The van der Waals surface area contributed by atoms with Gasteiger partial charge in [-0.1, -0.05) is 18.2 Å². The average Bonchev–Trinajstić information content (AvgIpc) is 2.66. The number of para-hydroxylation sites is 1. The molecule has 1 amide bonds. The van der Waals surface area contributed by atoms with E-state index in [-0.39, 0.29) is 24.4 Å². The molecule has 0 spiro atoms. The highest BCUT2D eigenvalue weighted by molar-refractivity contribution is 5.90. The second kappa shape index (κ2) is 7.16. The topological polar surface area (TPSA) is 55.8 Å². The Labute approximate surface area is 148 Å². The van der Waals surface area contributed by atoms with Crippen LogP contribution in [0.3, 0.4) is 0 Å². The number of carbonyl (C=O) groups excluding carboxylic acids is 2. The number of hydrogen-bond donors (Lipinski definition) is 0. The molecule has 134 valence electrons. The van der Waals surface area contributed by atoms with Gasteiger partial charge < -0.3 is 14.4 Å². The fourth-order valence-corrected chi connectivity index (χ4v) is 4.34. The van der Waals surface area contributed by atoms with Crippen molar-refractivity contribution in [1.82, 2.24) is 4.90 Å². The number of ether oxygens (including phenoxy) is 2. The predicted molar refractivity (Wildman–Crippen MR) is 92.6 cm³/mol. The van der Waals surface area contributed by atoms with Gasteiger partial charge in [-0.15, -0.1) is 0 Å². The molecule has 0 radical (unpaired) electrons. The number of benzene rings is 1. The van der Waals surface area contributed by atoms with Gasteiger partial charge in [0.1, 0.15) is 11.8 Å². The molecule has 1 aromatic rings. The third-order valence-electron chi connectivity index (χ3n) is 5.76. The number of fused-ring (bicyclic) bond motifs is 5. The molecule has 2 bridgehead atoms. The van der Waals surface area contributed by atoms with E-state index in [4.69, 9.17) is 9.47 Å². The normalized spacial score (nSPS) is 30.4. The maximum Gasteiger partial charge on any atom is 0.261 e. The quantitative estimate of drug-likeness (QED) is 0.727. The number of carbonyl (C=O) groups is 2.